The molecule has 2 heterocycles. The minimum absolute atomic E-state index is 0.0427. The lowest BCUT2D eigenvalue weighted by Gasteiger charge is -2.07. The summed E-state index contributed by atoms with van der Waals surface area (Å²) in [5.74, 6) is 0.0427. The normalized spacial score (nSPS) is 11.6. The van der Waals surface area contributed by atoms with Crippen LogP contribution in [0.2, 0.25) is 0 Å². The summed E-state index contributed by atoms with van der Waals surface area (Å²) in [6, 6.07) is 1.67. The highest BCUT2D eigenvalue weighted by Crippen LogP contribution is 2.11. The van der Waals surface area contributed by atoms with Crippen LogP contribution in [0.1, 0.15) is 5.56 Å². The molecular formula is C9H9N5O. The largest absolute Gasteiger partial charge is 0.409 e. The highest BCUT2D eigenvalue weighted by molar-refractivity contribution is 6.00. The van der Waals surface area contributed by atoms with Gasteiger partial charge in [0.1, 0.15) is 0 Å². The van der Waals surface area contributed by atoms with Crippen LogP contribution in [0.15, 0.2) is 42.3 Å². The average molecular weight is 203 g/mol. The van der Waals surface area contributed by atoms with Crippen molar-refractivity contribution in [2.75, 3.05) is 0 Å². The van der Waals surface area contributed by atoms with Crippen LogP contribution in [0.25, 0.3) is 5.69 Å². The number of hydrogen-bond acceptors (Lipinski definition) is 4. The molecule has 2 aromatic rings. The number of nitrogens with zero attached hydrogens (tertiary/aromatic N) is 4. The fourth-order valence-electron chi connectivity index (χ4n) is 1.26. The van der Waals surface area contributed by atoms with E-state index in [2.05, 4.69) is 15.1 Å². The third-order valence-electron chi connectivity index (χ3n) is 1.97. The highest BCUT2D eigenvalue weighted by Gasteiger charge is 2.07. The first-order valence-corrected chi connectivity index (χ1v) is 4.23. The van der Waals surface area contributed by atoms with E-state index in [1.54, 1.807) is 41.7 Å². The van der Waals surface area contributed by atoms with Crippen LogP contribution in [0.4, 0.5) is 0 Å². The van der Waals surface area contributed by atoms with Crippen LogP contribution in [0.5, 0.6) is 0 Å². The SMILES string of the molecule is N/C(=N/O)c1ccncc1-n1ccnc1. The lowest BCUT2D eigenvalue weighted by Crippen LogP contribution is -2.16. The molecule has 0 saturated heterocycles. The molecule has 6 heteroatoms. The number of oxime groups is 1. The summed E-state index contributed by atoms with van der Waals surface area (Å²) in [5.41, 5.74) is 6.86. The molecule has 2 rings (SSSR count). The minimum atomic E-state index is 0.0427. The van der Waals surface area contributed by atoms with Crippen LogP contribution in [-0.4, -0.2) is 25.6 Å². The topological polar surface area (TPSA) is 89.3 Å². The molecule has 2 aromatic heterocycles. The van der Waals surface area contributed by atoms with E-state index in [0.29, 0.717) is 11.3 Å². The van der Waals surface area contributed by atoms with Gasteiger partial charge in [0.2, 0.25) is 0 Å². The Kier molecular flexibility index (Phi) is 2.32. The maximum Gasteiger partial charge on any atom is 0.172 e. The average Bonchev–Trinajstić information content (AvgIpc) is 2.81. The van der Waals surface area contributed by atoms with E-state index < -0.39 is 0 Å². The number of imidazole rings is 1. The Balaban J connectivity index is 2.57. The molecule has 0 aliphatic rings. The van der Waals surface area contributed by atoms with Crippen molar-refractivity contribution in [3.05, 3.63) is 42.7 Å². The van der Waals surface area contributed by atoms with E-state index in [9.17, 15) is 0 Å². The fraction of sp³-hybridized carbons (Fsp3) is 0. The van der Waals surface area contributed by atoms with Crippen molar-refractivity contribution in [1.29, 1.82) is 0 Å². The molecule has 0 aliphatic carbocycles. The van der Waals surface area contributed by atoms with Gasteiger partial charge in [0.15, 0.2) is 5.84 Å². The van der Waals surface area contributed by atoms with Crippen molar-refractivity contribution < 1.29 is 5.21 Å². The molecule has 0 spiro atoms. The molecular weight excluding hydrogens is 194 g/mol. The van der Waals surface area contributed by atoms with Gasteiger partial charge in [-0.3, -0.25) is 4.98 Å². The summed E-state index contributed by atoms with van der Waals surface area (Å²) >= 11 is 0. The van der Waals surface area contributed by atoms with E-state index in [1.165, 1.54) is 0 Å². The molecule has 0 unspecified atom stereocenters. The predicted octanol–water partition coefficient (Wildman–Crippen LogP) is 0.362. The van der Waals surface area contributed by atoms with Crippen molar-refractivity contribution in [3.8, 4) is 5.69 Å². The van der Waals surface area contributed by atoms with E-state index in [0.717, 1.165) is 0 Å². The second-order valence-electron chi connectivity index (χ2n) is 2.85. The van der Waals surface area contributed by atoms with Crippen molar-refractivity contribution in [2.24, 2.45) is 10.9 Å². The molecule has 0 fully saturated rings. The van der Waals surface area contributed by atoms with Gasteiger partial charge in [-0.15, -0.1) is 0 Å². The van der Waals surface area contributed by atoms with Gasteiger partial charge in [0.05, 0.1) is 18.2 Å². The zero-order valence-corrected chi connectivity index (χ0v) is 7.78. The smallest absolute Gasteiger partial charge is 0.172 e. The monoisotopic (exact) mass is 203 g/mol. The maximum atomic E-state index is 8.63. The Bertz CT molecular complexity index is 477. The maximum absolute atomic E-state index is 8.63. The molecule has 0 aromatic carbocycles. The van der Waals surface area contributed by atoms with Gasteiger partial charge in [0, 0.05) is 24.2 Å². The molecule has 0 atom stereocenters. The molecule has 76 valence electrons. The summed E-state index contributed by atoms with van der Waals surface area (Å²) in [6.07, 6.45) is 8.21. The van der Waals surface area contributed by atoms with Crippen molar-refractivity contribution >= 4 is 5.84 Å². The Morgan fingerprint density at radius 3 is 2.93 bits per heavy atom. The molecule has 0 saturated carbocycles. The third kappa shape index (κ3) is 1.64. The van der Waals surface area contributed by atoms with Crippen molar-refractivity contribution in [3.63, 3.8) is 0 Å². The first kappa shape index (κ1) is 9.20. The summed E-state index contributed by atoms with van der Waals surface area (Å²) in [4.78, 5) is 7.89. The summed E-state index contributed by atoms with van der Waals surface area (Å²) in [6.45, 7) is 0. The number of pyridine rings is 1. The summed E-state index contributed by atoms with van der Waals surface area (Å²) in [7, 11) is 0. The van der Waals surface area contributed by atoms with Gasteiger partial charge in [-0.2, -0.15) is 0 Å². The van der Waals surface area contributed by atoms with Crippen LogP contribution in [0.3, 0.4) is 0 Å². The van der Waals surface area contributed by atoms with Gasteiger partial charge < -0.3 is 15.5 Å². The standard InChI is InChI=1S/C9H9N5O/c10-9(13-15)7-1-2-11-5-8(7)14-4-3-12-6-14/h1-6,15H,(H2,10,13). The Morgan fingerprint density at radius 2 is 2.27 bits per heavy atom. The van der Waals surface area contributed by atoms with Crippen LogP contribution < -0.4 is 5.73 Å². The van der Waals surface area contributed by atoms with Crippen LogP contribution in [-0.2, 0) is 0 Å². The van der Waals surface area contributed by atoms with Gasteiger partial charge in [0.25, 0.3) is 0 Å². The van der Waals surface area contributed by atoms with Crippen molar-refractivity contribution in [2.45, 2.75) is 0 Å². The van der Waals surface area contributed by atoms with Crippen LogP contribution in [0, 0.1) is 0 Å². The quantitative estimate of drug-likeness (QED) is 0.319. The molecule has 3 N–H and O–H groups in total. The Hall–Kier alpha value is -2.37. The number of aromatic nitrogens is 3. The first-order valence-electron chi connectivity index (χ1n) is 4.23. The zero-order valence-electron chi connectivity index (χ0n) is 7.78. The molecule has 6 nitrogen and oxygen atoms in total. The fourth-order valence-corrected chi connectivity index (χ4v) is 1.26. The number of rotatable bonds is 2. The van der Waals surface area contributed by atoms with Crippen LogP contribution >= 0.6 is 0 Å². The summed E-state index contributed by atoms with van der Waals surface area (Å²) < 4.78 is 1.74. The number of hydrogen-bond donors (Lipinski definition) is 2. The number of amidine groups is 1. The minimum Gasteiger partial charge on any atom is -0.409 e. The molecule has 0 radical (unpaired) electrons. The predicted molar refractivity (Wildman–Crippen MR) is 53.9 cm³/mol. The second kappa shape index (κ2) is 3.79. The Labute approximate surface area is 85.7 Å². The van der Waals surface area contributed by atoms with E-state index >= 15 is 0 Å². The molecule has 0 bridgehead atoms. The summed E-state index contributed by atoms with van der Waals surface area (Å²) in [5, 5.41) is 11.6. The lowest BCUT2D eigenvalue weighted by molar-refractivity contribution is 0.318. The van der Waals surface area contributed by atoms with E-state index in [1.807, 2.05) is 0 Å². The van der Waals surface area contributed by atoms with E-state index in [-0.39, 0.29) is 5.84 Å². The Morgan fingerprint density at radius 1 is 1.40 bits per heavy atom. The molecule has 0 amide bonds. The van der Waals surface area contributed by atoms with Gasteiger partial charge in [-0.1, -0.05) is 5.16 Å². The van der Waals surface area contributed by atoms with Gasteiger partial charge >= 0.3 is 0 Å². The highest BCUT2D eigenvalue weighted by atomic mass is 16.4. The number of nitrogens with two attached hydrogens (primary N) is 1. The molecule has 15 heavy (non-hydrogen) atoms. The van der Waals surface area contributed by atoms with E-state index in [4.69, 9.17) is 10.9 Å². The van der Waals surface area contributed by atoms with Gasteiger partial charge in [-0.05, 0) is 6.07 Å². The van der Waals surface area contributed by atoms with Gasteiger partial charge in [-0.25, -0.2) is 4.98 Å². The molecule has 0 aliphatic heterocycles. The third-order valence-corrected chi connectivity index (χ3v) is 1.97. The zero-order chi connectivity index (χ0) is 10.7. The second-order valence-corrected chi connectivity index (χ2v) is 2.85. The first-order chi connectivity index (χ1) is 7.33. The lowest BCUT2D eigenvalue weighted by atomic mass is 10.2. The van der Waals surface area contributed by atoms with Crippen molar-refractivity contribution in [1.82, 2.24) is 14.5 Å².